The van der Waals surface area contributed by atoms with Crippen LogP contribution in [-0.2, 0) is 0 Å². The molecule has 0 aromatic heterocycles. The fourth-order valence-electron chi connectivity index (χ4n) is 1.44. The molecule has 2 aromatic rings. The highest BCUT2D eigenvalue weighted by molar-refractivity contribution is 7.99. The third kappa shape index (κ3) is 2.08. The Morgan fingerprint density at radius 3 is 2.50 bits per heavy atom. The van der Waals surface area contributed by atoms with Crippen molar-refractivity contribution in [2.24, 2.45) is 0 Å². The first-order chi connectivity index (χ1) is 6.75. The van der Waals surface area contributed by atoms with Gasteiger partial charge in [0.05, 0.1) is 0 Å². The number of thioether (sulfide) groups is 1. The summed E-state index contributed by atoms with van der Waals surface area (Å²) in [7, 11) is 0. The van der Waals surface area contributed by atoms with Crippen LogP contribution in [0, 0.1) is 0 Å². The maximum atomic E-state index is 9.24. The second-order valence-corrected chi connectivity index (χ2v) is 4.62. The van der Waals surface area contributed by atoms with Crippen molar-refractivity contribution in [3.63, 3.8) is 0 Å². The summed E-state index contributed by atoms with van der Waals surface area (Å²) in [6, 6.07) is 14.5. The molecule has 0 saturated carbocycles. The van der Waals surface area contributed by atoms with E-state index >= 15 is 0 Å². The van der Waals surface area contributed by atoms with Crippen LogP contribution in [0.15, 0.2) is 47.4 Å². The summed E-state index contributed by atoms with van der Waals surface area (Å²) >= 11 is 1.47. The van der Waals surface area contributed by atoms with Crippen molar-refractivity contribution in [1.82, 2.24) is 0 Å². The van der Waals surface area contributed by atoms with Crippen LogP contribution in [-0.4, -0.2) is 10.5 Å². The topological polar surface area (TPSA) is 20.2 Å². The molecule has 2 heteroatoms. The van der Waals surface area contributed by atoms with Gasteiger partial charge in [0, 0.05) is 4.90 Å². The summed E-state index contributed by atoms with van der Waals surface area (Å²) < 4.78 is 0. The van der Waals surface area contributed by atoms with Gasteiger partial charge in [-0.05, 0) is 29.8 Å². The van der Waals surface area contributed by atoms with Crippen LogP contribution in [0.3, 0.4) is 0 Å². The Hall–Kier alpha value is -0.990. The Kier molecular flexibility index (Phi) is 2.75. The Morgan fingerprint density at radius 1 is 1.07 bits per heavy atom. The molecule has 0 aliphatic rings. The first kappa shape index (κ1) is 9.56. The molecule has 0 saturated heterocycles. The van der Waals surface area contributed by atoms with Crippen molar-refractivity contribution in [3.05, 3.63) is 42.5 Å². The van der Waals surface area contributed by atoms with Crippen LogP contribution in [0.25, 0.3) is 10.8 Å². The maximum Gasteiger partial charge on any atom is 0.101 e. The van der Waals surface area contributed by atoms with E-state index in [1.54, 1.807) is 6.92 Å². The average Bonchev–Trinajstić information content (AvgIpc) is 2.17. The van der Waals surface area contributed by atoms with Crippen LogP contribution in [0.1, 0.15) is 6.92 Å². The van der Waals surface area contributed by atoms with Crippen molar-refractivity contribution >= 4 is 22.5 Å². The molecule has 0 radical (unpaired) electrons. The third-order valence-electron chi connectivity index (χ3n) is 2.03. The van der Waals surface area contributed by atoms with Crippen molar-refractivity contribution in [2.75, 3.05) is 0 Å². The van der Waals surface area contributed by atoms with Crippen molar-refractivity contribution < 1.29 is 5.11 Å². The smallest absolute Gasteiger partial charge is 0.101 e. The van der Waals surface area contributed by atoms with Gasteiger partial charge in [-0.1, -0.05) is 42.1 Å². The summed E-state index contributed by atoms with van der Waals surface area (Å²) in [5.41, 5.74) is -0.351. The molecule has 1 nitrogen and oxygen atoms in total. The van der Waals surface area contributed by atoms with E-state index in [9.17, 15) is 5.11 Å². The molecular weight excluding hydrogens is 192 g/mol. The van der Waals surface area contributed by atoms with E-state index in [2.05, 4.69) is 24.3 Å². The van der Waals surface area contributed by atoms with E-state index in [4.69, 9.17) is 0 Å². The molecule has 0 aliphatic heterocycles. The summed E-state index contributed by atoms with van der Waals surface area (Å²) in [4.78, 5) is 1.11. The average molecular weight is 204 g/mol. The van der Waals surface area contributed by atoms with Gasteiger partial charge in [-0.15, -0.1) is 0 Å². The normalized spacial score (nSPS) is 13.0. The third-order valence-corrected chi connectivity index (χ3v) is 2.89. The Bertz CT molecular complexity index is 437. The Labute approximate surface area is 87.8 Å². The first-order valence-electron chi connectivity index (χ1n) is 4.59. The predicted molar refractivity (Wildman–Crippen MR) is 61.5 cm³/mol. The van der Waals surface area contributed by atoms with Crippen molar-refractivity contribution in [1.29, 1.82) is 0 Å². The number of rotatable bonds is 2. The zero-order valence-corrected chi connectivity index (χ0v) is 8.79. The van der Waals surface area contributed by atoms with Gasteiger partial charge in [-0.25, -0.2) is 0 Å². The first-order valence-corrected chi connectivity index (χ1v) is 5.47. The van der Waals surface area contributed by atoms with Crippen LogP contribution in [0.5, 0.6) is 0 Å². The lowest BCUT2D eigenvalue weighted by Gasteiger charge is -2.05. The second kappa shape index (κ2) is 4.03. The van der Waals surface area contributed by atoms with E-state index in [1.165, 1.54) is 22.5 Å². The molecule has 2 aromatic carbocycles. The number of hydrogen-bond acceptors (Lipinski definition) is 2. The molecule has 14 heavy (non-hydrogen) atoms. The van der Waals surface area contributed by atoms with Crippen LogP contribution >= 0.6 is 11.8 Å². The molecule has 2 rings (SSSR count). The van der Waals surface area contributed by atoms with Gasteiger partial charge < -0.3 is 5.11 Å². The van der Waals surface area contributed by atoms with Gasteiger partial charge in [0.15, 0.2) is 0 Å². The predicted octanol–water partition coefficient (Wildman–Crippen LogP) is 3.27. The molecule has 72 valence electrons. The summed E-state index contributed by atoms with van der Waals surface area (Å²) in [5, 5.41) is 11.7. The standard InChI is InChI=1S/C12H12OS/c1-9(13)14-12-7-6-10-4-2-3-5-11(10)8-12/h2-9,13H,1H3. The molecule has 1 atom stereocenters. The summed E-state index contributed by atoms with van der Waals surface area (Å²) in [5.74, 6) is 0. The summed E-state index contributed by atoms with van der Waals surface area (Å²) in [6.45, 7) is 1.78. The zero-order valence-electron chi connectivity index (χ0n) is 7.97. The van der Waals surface area contributed by atoms with Crippen molar-refractivity contribution in [3.8, 4) is 0 Å². The van der Waals surface area contributed by atoms with Gasteiger partial charge in [-0.3, -0.25) is 0 Å². The number of benzene rings is 2. The van der Waals surface area contributed by atoms with E-state index in [-0.39, 0.29) is 5.44 Å². The number of fused-ring (bicyclic) bond motifs is 1. The molecule has 0 spiro atoms. The Balaban J connectivity index is 2.41. The molecule has 0 heterocycles. The quantitative estimate of drug-likeness (QED) is 0.598. The maximum absolute atomic E-state index is 9.24. The lowest BCUT2D eigenvalue weighted by atomic mass is 10.1. The van der Waals surface area contributed by atoms with E-state index < -0.39 is 0 Å². The highest BCUT2D eigenvalue weighted by Gasteiger charge is 2.00. The van der Waals surface area contributed by atoms with E-state index in [1.807, 2.05) is 18.2 Å². The van der Waals surface area contributed by atoms with Gasteiger partial charge >= 0.3 is 0 Å². The highest BCUT2D eigenvalue weighted by Crippen LogP contribution is 2.25. The molecule has 0 amide bonds. The Morgan fingerprint density at radius 2 is 1.79 bits per heavy atom. The van der Waals surface area contributed by atoms with E-state index in [0.29, 0.717) is 0 Å². The molecule has 1 unspecified atom stereocenters. The second-order valence-electron chi connectivity index (χ2n) is 3.23. The number of aliphatic hydroxyl groups excluding tert-OH is 1. The van der Waals surface area contributed by atoms with Gasteiger partial charge in [0.25, 0.3) is 0 Å². The van der Waals surface area contributed by atoms with Gasteiger partial charge in [-0.2, -0.15) is 0 Å². The van der Waals surface area contributed by atoms with Gasteiger partial charge in [0.2, 0.25) is 0 Å². The van der Waals surface area contributed by atoms with Crippen LogP contribution in [0.2, 0.25) is 0 Å². The van der Waals surface area contributed by atoms with Crippen LogP contribution in [0.4, 0.5) is 0 Å². The monoisotopic (exact) mass is 204 g/mol. The fourth-order valence-corrected chi connectivity index (χ4v) is 2.17. The SMILES string of the molecule is CC(O)Sc1ccc2ccccc2c1. The molecule has 1 N–H and O–H groups in total. The largest absolute Gasteiger partial charge is 0.382 e. The van der Waals surface area contributed by atoms with Crippen LogP contribution < -0.4 is 0 Å². The minimum Gasteiger partial charge on any atom is -0.382 e. The minimum absolute atomic E-state index is 0.351. The van der Waals surface area contributed by atoms with E-state index in [0.717, 1.165) is 4.90 Å². The molecular formula is C12H12OS. The molecule has 0 bridgehead atoms. The summed E-state index contributed by atoms with van der Waals surface area (Å²) in [6.07, 6.45) is 0. The van der Waals surface area contributed by atoms with Gasteiger partial charge in [0.1, 0.15) is 5.44 Å². The zero-order chi connectivity index (χ0) is 9.97. The number of hydrogen-bond donors (Lipinski definition) is 1. The highest BCUT2D eigenvalue weighted by atomic mass is 32.2. The van der Waals surface area contributed by atoms with Crippen molar-refractivity contribution in [2.45, 2.75) is 17.3 Å². The lowest BCUT2D eigenvalue weighted by Crippen LogP contribution is -1.90. The minimum atomic E-state index is -0.351. The molecule has 0 fully saturated rings. The fraction of sp³-hybridized carbons (Fsp3) is 0.167. The molecule has 0 aliphatic carbocycles. The number of aliphatic hydroxyl groups is 1. The lowest BCUT2D eigenvalue weighted by molar-refractivity contribution is 0.284.